The minimum absolute atomic E-state index is 0.0120. The Morgan fingerprint density at radius 3 is 2.19 bits per heavy atom. The summed E-state index contributed by atoms with van der Waals surface area (Å²) in [5, 5.41) is 0. The van der Waals surface area contributed by atoms with Gasteiger partial charge in [0.15, 0.2) is 0 Å². The highest BCUT2D eigenvalue weighted by Crippen LogP contribution is 2.38. The Labute approximate surface area is 115 Å². The average molecular weight is 297 g/mol. The molecule has 0 saturated heterocycles. The van der Waals surface area contributed by atoms with Crippen LogP contribution >= 0.6 is 46.7 Å². The SMILES string of the molecule is CC(Cl)Sc1ccc(NN)cc1SC(C)Cl. The fraction of sp³-hybridized carbons (Fsp3) is 0.400. The summed E-state index contributed by atoms with van der Waals surface area (Å²) in [6.07, 6.45) is 0. The number of nitrogen functional groups attached to an aromatic ring is 1. The van der Waals surface area contributed by atoms with Crippen LogP contribution in [0.1, 0.15) is 13.8 Å². The van der Waals surface area contributed by atoms with Crippen LogP contribution in [0.3, 0.4) is 0 Å². The van der Waals surface area contributed by atoms with E-state index in [1.54, 1.807) is 23.5 Å². The van der Waals surface area contributed by atoms with Gasteiger partial charge < -0.3 is 5.43 Å². The van der Waals surface area contributed by atoms with Crippen LogP contribution in [0.4, 0.5) is 5.69 Å². The molecule has 0 spiro atoms. The van der Waals surface area contributed by atoms with Crippen molar-refractivity contribution in [3.63, 3.8) is 0 Å². The molecule has 90 valence electrons. The van der Waals surface area contributed by atoms with Gasteiger partial charge in [-0.1, -0.05) is 0 Å². The summed E-state index contributed by atoms with van der Waals surface area (Å²) in [6.45, 7) is 3.88. The number of anilines is 1. The Morgan fingerprint density at radius 1 is 1.12 bits per heavy atom. The highest BCUT2D eigenvalue weighted by atomic mass is 35.5. The number of hydrogen-bond acceptors (Lipinski definition) is 4. The first-order valence-electron chi connectivity index (χ1n) is 4.75. The number of nitrogens with two attached hydrogens (primary N) is 1. The number of hydrogen-bond donors (Lipinski definition) is 2. The number of nitrogens with one attached hydrogen (secondary N) is 1. The predicted octanol–water partition coefficient (Wildman–Crippen LogP) is 4.33. The molecule has 6 heteroatoms. The molecule has 0 aromatic heterocycles. The second kappa shape index (κ2) is 6.87. The van der Waals surface area contributed by atoms with E-state index < -0.39 is 0 Å². The largest absolute Gasteiger partial charge is 0.324 e. The fourth-order valence-electron chi connectivity index (χ4n) is 1.14. The summed E-state index contributed by atoms with van der Waals surface area (Å²) in [5.74, 6) is 5.38. The van der Waals surface area contributed by atoms with Crippen LogP contribution in [0.5, 0.6) is 0 Å². The van der Waals surface area contributed by atoms with Crippen molar-refractivity contribution in [1.29, 1.82) is 0 Å². The number of hydrazine groups is 1. The maximum atomic E-state index is 5.99. The van der Waals surface area contributed by atoms with Crippen LogP contribution in [-0.2, 0) is 0 Å². The quantitative estimate of drug-likeness (QED) is 0.367. The molecule has 2 atom stereocenters. The fourth-order valence-corrected chi connectivity index (χ4v) is 3.40. The van der Waals surface area contributed by atoms with Crippen LogP contribution in [0.2, 0.25) is 0 Å². The Morgan fingerprint density at radius 2 is 1.69 bits per heavy atom. The smallest absolute Gasteiger partial charge is 0.0808 e. The second-order valence-electron chi connectivity index (χ2n) is 3.13. The minimum atomic E-state index is 0.0120. The number of halogens is 2. The molecule has 0 heterocycles. The van der Waals surface area contributed by atoms with Gasteiger partial charge in [-0.3, -0.25) is 5.84 Å². The molecule has 0 bridgehead atoms. The Kier molecular flexibility index (Phi) is 6.15. The molecule has 2 unspecified atom stereocenters. The maximum absolute atomic E-state index is 5.99. The van der Waals surface area contributed by atoms with Gasteiger partial charge in [0.2, 0.25) is 0 Å². The van der Waals surface area contributed by atoms with Gasteiger partial charge in [-0.05, 0) is 32.0 Å². The number of rotatable bonds is 5. The maximum Gasteiger partial charge on any atom is 0.0808 e. The van der Waals surface area contributed by atoms with E-state index in [0.717, 1.165) is 15.5 Å². The Bertz CT molecular complexity index is 346. The molecule has 1 aromatic rings. The number of alkyl halides is 2. The van der Waals surface area contributed by atoms with Crippen molar-refractivity contribution in [2.45, 2.75) is 33.1 Å². The van der Waals surface area contributed by atoms with Crippen LogP contribution in [-0.4, -0.2) is 9.42 Å². The zero-order chi connectivity index (χ0) is 12.1. The molecule has 0 aliphatic carbocycles. The standard InChI is InChI=1S/C10H14Cl2N2S2/c1-6(11)15-9-4-3-8(14-13)5-10(9)16-7(2)12/h3-7,14H,13H2,1-2H3. The lowest BCUT2D eigenvalue weighted by Crippen LogP contribution is -2.06. The third kappa shape index (κ3) is 4.63. The van der Waals surface area contributed by atoms with Gasteiger partial charge in [0.1, 0.15) is 0 Å². The number of thioether (sulfide) groups is 2. The summed E-state index contributed by atoms with van der Waals surface area (Å²) in [6, 6.07) is 5.90. The van der Waals surface area contributed by atoms with Crippen molar-refractivity contribution >= 4 is 52.4 Å². The van der Waals surface area contributed by atoms with Crippen LogP contribution < -0.4 is 11.3 Å². The molecule has 0 fully saturated rings. The van der Waals surface area contributed by atoms with Crippen LogP contribution in [0.15, 0.2) is 28.0 Å². The Hall–Kier alpha value is 0.260. The summed E-state index contributed by atoms with van der Waals surface area (Å²) in [5.41, 5.74) is 3.49. The summed E-state index contributed by atoms with van der Waals surface area (Å²) in [7, 11) is 0. The van der Waals surface area contributed by atoms with E-state index >= 15 is 0 Å². The lowest BCUT2D eigenvalue weighted by atomic mass is 10.3. The van der Waals surface area contributed by atoms with Gasteiger partial charge in [0, 0.05) is 15.5 Å². The van der Waals surface area contributed by atoms with Gasteiger partial charge in [0.25, 0.3) is 0 Å². The molecule has 16 heavy (non-hydrogen) atoms. The highest BCUT2D eigenvalue weighted by molar-refractivity contribution is 8.04. The van der Waals surface area contributed by atoms with E-state index in [0.29, 0.717) is 0 Å². The molecule has 0 aliphatic rings. The summed E-state index contributed by atoms with van der Waals surface area (Å²) >= 11 is 15.2. The molecule has 0 aliphatic heterocycles. The van der Waals surface area contributed by atoms with Crippen molar-refractivity contribution < 1.29 is 0 Å². The van der Waals surface area contributed by atoms with E-state index in [9.17, 15) is 0 Å². The molecule has 2 nitrogen and oxygen atoms in total. The number of benzene rings is 1. The third-order valence-corrected chi connectivity index (χ3v) is 4.20. The molecule has 0 saturated carbocycles. The summed E-state index contributed by atoms with van der Waals surface area (Å²) in [4.78, 5) is 2.22. The zero-order valence-corrected chi connectivity index (χ0v) is 12.2. The van der Waals surface area contributed by atoms with Crippen LogP contribution in [0.25, 0.3) is 0 Å². The first kappa shape index (κ1) is 14.3. The van der Waals surface area contributed by atoms with E-state index in [2.05, 4.69) is 5.43 Å². The van der Waals surface area contributed by atoms with Crippen molar-refractivity contribution in [1.82, 2.24) is 0 Å². The van der Waals surface area contributed by atoms with E-state index in [1.165, 1.54) is 0 Å². The molecule has 0 amide bonds. The zero-order valence-electron chi connectivity index (χ0n) is 9.04. The second-order valence-corrected chi connectivity index (χ2v) is 7.72. The van der Waals surface area contributed by atoms with Crippen molar-refractivity contribution in [3.05, 3.63) is 18.2 Å². The van der Waals surface area contributed by atoms with Crippen LogP contribution in [0, 0.1) is 0 Å². The highest BCUT2D eigenvalue weighted by Gasteiger charge is 2.10. The summed E-state index contributed by atoms with van der Waals surface area (Å²) < 4.78 is 0.0414. The van der Waals surface area contributed by atoms with Gasteiger partial charge in [-0.25, -0.2) is 0 Å². The molecule has 1 aromatic carbocycles. The van der Waals surface area contributed by atoms with E-state index in [4.69, 9.17) is 29.0 Å². The monoisotopic (exact) mass is 296 g/mol. The topological polar surface area (TPSA) is 38.0 Å². The van der Waals surface area contributed by atoms with E-state index in [1.807, 2.05) is 32.0 Å². The Balaban J connectivity index is 2.96. The first-order chi connectivity index (χ1) is 7.52. The van der Waals surface area contributed by atoms with Gasteiger partial charge in [-0.2, -0.15) is 0 Å². The third-order valence-electron chi connectivity index (χ3n) is 1.69. The molecular weight excluding hydrogens is 283 g/mol. The first-order valence-corrected chi connectivity index (χ1v) is 7.38. The van der Waals surface area contributed by atoms with Crippen molar-refractivity contribution in [3.8, 4) is 0 Å². The van der Waals surface area contributed by atoms with Gasteiger partial charge in [0.05, 0.1) is 9.42 Å². The predicted molar refractivity (Wildman–Crippen MR) is 76.6 cm³/mol. The lowest BCUT2D eigenvalue weighted by molar-refractivity contribution is 1.20. The van der Waals surface area contributed by atoms with Gasteiger partial charge >= 0.3 is 0 Å². The molecule has 1 rings (SSSR count). The normalized spacial score (nSPS) is 14.6. The van der Waals surface area contributed by atoms with Gasteiger partial charge in [-0.15, -0.1) is 46.7 Å². The van der Waals surface area contributed by atoms with Crippen molar-refractivity contribution in [2.24, 2.45) is 5.84 Å². The van der Waals surface area contributed by atoms with Crippen molar-refractivity contribution in [2.75, 3.05) is 5.43 Å². The molecule has 0 radical (unpaired) electrons. The average Bonchev–Trinajstić information content (AvgIpc) is 2.19. The van der Waals surface area contributed by atoms with E-state index in [-0.39, 0.29) is 9.42 Å². The molecular formula is C10H14Cl2N2S2. The molecule has 3 N–H and O–H groups in total. The lowest BCUT2D eigenvalue weighted by Gasteiger charge is -2.12. The minimum Gasteiger partial charge on any atom is -0.324 e.